The molecule has 1 amide bonds. The molecule has 0 aromatic heterocycles. The van der Waals surface area contributed by atoms with Gasteiger partial charge in [0.15, 0.2) is 0 Å². The van der Waals surface area contributed by atoms with Gasteiger partial charge in [-0.25, -0.2) is 0 Å². The van der Waals surface area contributed by atoms with E-state index in [2.05, 4.69) is 5.32 Å². The van der Waals surface area contributed by atoms with Crippen LogP contribution in [0.2, 0.25) is 0 Å². The minimum atomic E-state index is -0.740. The van der Waals surface area contributed by atoms with E-state index in [1.807, 2.05) is 30.3 Å². The number of carbonyl (C=O) groups is 1. The number of hydrogen-bond donors (Lipinski definition) is 2. The number of nitrogens with one attached hydrogen (secondary N) is 1. The summed E-state index contributed by atoms with van der Waals surface area (Å²) >= 11 is 0. The van der Waals surface area contributed by atoms with E-state index in [4.69, 9.17) is 9.84 Å². The van der Waals surface area contributed by atoms with E-state index < -0.39 is 5.41 Å². The lowest BCUT2D eigenvalue weighted by molar-refractivity contribution is -0.164. The van der Waals surface area contributed by atoms with Gasteiger partial charge in [-0.05, 0) is 12.1 Å². The van der Waals surface area contributed by atoms with Gasteiger partial charge < -0.3 is 15.2 Å². The number of hydrogen-bond acceptors (Lipinski definition) is 3. The van der Waals surface area contributed by atoms with Gasteiger partial charge in [-0.2, -0.15) is 0 Å². The molecule has 1 saturated heterocycles. The quantitative estimate of drug-likeness (QED) is 0.764. The molecule has 4 nitrogen and oxygen atoms in total. The molecule has 0 atom stereocenters. The van der Waals surface area contributed by atoms with Crippen LogP contribution in [0.4, 0.5) is 5.69 Å². The summed E-state index contributed by atoms with van der Waals surface area (Å²) in [4.78, 5) is 11.8. The van der Waals surface area contributed by atoms with Crippen molar-refractivity contribution in [1.82, 2.24) is 0 Å². The zero-order chi connectivity index (χ0) is 10.7. The summed E-state index contributed by atoms with van der Waals surface area (Å²) in [5.41, 5.74) is -0.00207. The van der Waals surface area contributed by atoms with Crippen molar-refractivity contribution in [2.45, 2.75) is 0 Å². The molecule has 1 aromatic rings. The van der Waals surface area contributed by atoms with E-state index in [-0.39, 0.29) is 12.5 Å². The molecule has 0 spiro atoms. The number of aliphatic hydroxyl groups is 1. The third-order valence-corrected chi connectivity index (χ3v) is 2.57. The monoisotopic (exact) mass is 207 g/mol. The van der Waals surface area contributed by atoms with Crippen LogP contribution in [0.25, 0.3) is 0 Å². The average Bonchev–Trinajstić information content (AvgIpc) is 2.18. The van der Waals surface area contributed by atoms with Crippen molar-refractivity contribution < 1.29 is 14.6 Å². The summed E-state index contributed by atoms with van der Waals surface area (Å²) in [6.07, 6.45) is 0. The summed E-state index contributed by atoms with van der Waals surface area (Å²) in [5.74, 6) is -0.178. The Hall–Kier alpha value is -1.39. The number of anilines is 1. The van der Waals surface area contributed by atoms with Gasteiger partial charge in [-0.3, -0.25) is 4.79 Å². The Morgan fingerprint density at radius 1 is 1.40 bits per heavy atom. The van der Waals surface area contributed by atoms with Gasteiger partial charge in [0.25, 0.3) is 0 Å². The van der Waals surface area contributed by atoms with Crippen molar-refractivity contribution in [1.29, 1.82) is 0 Å². The highest BCUT2D eigenvalue weighted by Crippen LogP contribution is 2.28. The molecule has 0 radical (unpaired) electrons. The van der Waals surface area contributed by atoms with E-state index in [1.165, 1.54) is 0 Å². The molecule has 1 aliphatic heterocycles. The average molecular weight is 207 g/mol. The van der Waals surface area contributed by atoms with Crippen LogP contribution in [0.15, 0.2) is 30.3 Å². The van der Waals surface area contributed by atoms with Crippen molar-refractivity contribution in [3.63, 3.8) is 0 Å². The zero-order valence-electron chi connectivity index (χ0n) is 8.27. The molecule has 2 N–H and O–H groups in total. The highest BCUT2D eigenvalue weighted by Gasteiger charge is 2.45. The number of para-hydroxylation sites is 1. The Bertz CT molecular complexity index is 341. The van der Waals surface area contributed by atoms with E-state index in [0.29, 0.717) is 13.2 Å². The lowest BCUT2D eigenvalue weighted by Gasteiger charge is -2.37. The highest BCUT2D eigenvalue weighted by molar-refractivity contribution is 5.96. The Labute approximate surface area is 87.9 Å². The van der Waals surface area contributed by atoms with E-state index in [1.54, 1.807) is 0 Å². The van der Waals surface area contributed by atoms with Crippen molar-refractivity contribution in [3.05, 3.63) is 30.3 Å². The highest BCUT2D eigenvalue weighted by atomic mass is 16.5. The Morgan fingerprint density at radius 2 is 2.07 bits per heavy atom. The van der Waals surface area contributed by atoms with Gasteiger partial charge in [0.05, 0.1) is 19.8 Å². The molecule has 1 heterocycles. The third-order valence-electron chi connectivity index (χ3n) is 2.57. The molecule has 1 fully saturated rings. The lowest BCUT2D eigenvalue weighted by Crippen LogP contribution is -2.54. The maximum absolute atomic E-state index is 11.8. The minimum Gasteiger partial charge on any atom is -0.395 e. The van der Waals surface area contributed by atoms with Gasteiger partial charge in [-0.1, -0.05) is 18.2 Å². The van der Waals surface area contributed by atoms with Crippen LogP contribution < -0.4 is 5.32 Å². The molecule has 0 saturated carbocycles. The fourth-order valence-electron chi connectivity index (χ4n) is 1.43. The predicted octanol–water partition coefficient (Wildman–Crippen LogP) is 0.634. The molecular weight excluding hydrogens is 194 g/mol. The van der Waals surface area contributed by atoms with Gasteiger partial charge in [-0.15, -0.1) is 0 Å². The first-order chi connectivity index (χ1) is 7.27. The first kappa shape index (κ1) is 10.1. The second kappa shape index (κ2) is 4.00. The number of amides is 1. The van der Waals surface area contributed by atoms with Gasteiger partial charge >= 0.3 is 0 Å². The van der Waals surface area contributed by atoms with Gasteiger partial charge in [0.1, 0.15) is 5.41 Å². The molecule has 2 rings (SSSR count). The summed E-state index contributed by atoms with van der Waals surface area (Å²) in [5, 5.41) is 11.9. The summed E-state index contributed by atoms with van der Waals surface area (Å²) in [7, 11) is 0. The second-order valence-electron chi connectivity index (χ2n) is 3.75. The van der Waals surface area contributed by atoms with Crippen LogP contribution in [-0.4, -0.2) is 30.8 Å². The number of ether oxygens (including phenoxy) is 1. The topological polar surface area (TPSA) is 58.6 Å². The molecule has 1 aliphatic rings. The van der Waals surface area contributed by atoms with Crippen LogP contribution in [0.5, 0.6) is 0 Å². The van der Waals surface area contributed by atoms with Crippen molar-refractivity contribution in [3.8, 4) is 0 Å². The third kappa shape index (κ3) is 1.86. The van der Waals surface area contributed by atoms with Crippen LogP contribution in [-0.2, 0) is 9.53 Å². The van der Waals surface area contributed by atoms with E-state index in [0.717, 1.165) is 5.69 Å². The number of rotatable bonds is 3. The van der Waals surface area contributed by atoms with E-state index in [9.17, 15) is 4.79 Å². The number of carbonyl (C=O) groups excluding carboxylic acids is 1. The second-order valence-corrected chi connectivity index (χ2v) is 3.75. The van der Waals surface area contributed by atoms with E-state index >= 15 is 0 Å². The fourth-order valence-corrected chi connectivity index (χ4v) is 1.43. The molecule has 15 heavy (non-hydrogen) atoms. The Kier molecular flexibility index (Phi) is 2.70. The molecular formula is C11H13NO3. The lowest BCUT2D eigenvalue weighted by atomic mass is 9.86. The normalized spacial score (nSPS) is 17.9. The SMILES string of the molecule is O=C(Nc1ccccc1)C1(CO)COC1. The predicted molar refractivity (Wildman–Crippen MR) is 55.4 cm³/mol. The van der Waals surface area contributed by atoms with Crippen LogP contribution in [0.1, 0.15) is 0 Å². The molecule has 80 valence electrons. The summed E-state index contributed by atoms with van der Waals surface area (Å²) in [6.45, 7) is 0.413. The van der Waals surface area contributed by atoms with Crippen molar-refractivity contribution >= 4 is 11.6 Å². The molecule has 4 heteroatoms. The summed E-state index contributed by atoms with van der Waals surface area (Å²) < 4.78 is 4.97. The van der Waals surface area contributed by atoms with Crippen molar-refractivity contribution in [2.75, 3.05) is 25.1 Å². The van der Waals surface area contributed by atoms with Gasteiger partial charge in [0.2, 0.25) is 5.91 Å². The van der Waals surface area contributed by atoms with Crippen LogP contribution in [0.3, 0.4) is 0 Å². The Balaban J connectivity index is 2.04. The fraction of sp³-hybridized carbons (Fsp3) is 0.364. The minimum absolute atomic E-state index is 0.175. The van der Waals surface area contributed by atoms with Crippen molar-refractivity contribution in [2.24, 2.45) is 5.41 Å². The smallest absolute Gasteiger partial charge is 0.237 e. The first-order valence-electron chi connectivity index (χ1n) is 4.82. The molecule has 0 bridgehead atoms. The van der Waals surface area contributed by atoms with Gasteiger partial charge in [0, 0.05) is 5.69 Å². The maximum Gasteiger partial charge on any atom is 0.237 e. The molecule has 1 aromatic carbocycles. The summed E-state index contributed by atoms with van der Waals surface area (Å²) in [6, 6.07) is 9.19. The van der Waals surface area contributed by atoms with Crippen LogP contribution in [0, 0.1) is 5.41 Å². The Morgan fingerprint density at radius 3 is 2.53 bits per heavy atom. The number of aliphatic hydroxyl groups excluding tert-OH is 1. The molecule has 0 aliphatic carbocycles. The first-order valence-corrected chi connectivity index (χ1v) is 4.82. The largest absolute Gasteiger partial charge is 0.395 e. The zero-order valence-corrected chi connectivity index (χ0v) is 8.27. The maximum atomic E-state index is 11.8. The van der Waals surface area contributed by atoms with Crippen LogP contribution >= 0.6 is 0 Å². The molecule has 0 unspecified atom stereocenters. The number of benzene rings is 1. The standard InChI is InChI=1S/C11H13NO3/c13-6-11(7-15-8-11)10(14)12-9-4-2-1-3-5-9/h1-5,13H,6-8H2,(H,12,14).